The zero-order valence-corrected chi connectivity index (χ0v) is 17.1. The number of aliphatic hydroxyl groups excluding tert-OH is 1. The molecule has 0 saturated carbocycles. The number of hydrogen-bond donors (Lipinski definition) is 3. The molecule has 3 N–H and O–H groups in total. The van der Waals surface area contributed by atoms with Gasteiger partial charge in [-0.25, -0.2) is 13.6 Å². The summed E-state index contributed by atoms with van der Waals surface area (Å²) in [6.45, 7) is 6.31. The second kappa shape index (κ2) is 9.79. The van der Waals surface area contributed by atoms with Gasteiger partial charge in [0.2, 0.25) is 5.91 Å². The number of ether oxygens (including phenoxy) is 1. The van der Waals surface area contributed by atoms with Gasteiger partial charge in [-0.05, 0) is 65.9 Å². The van der Waals surface area contributed by atoms with Gasteiger partial charge in [0, 0.05) is 12.6 Å². The van der Waals surface area contributed by atoms with E-state index in [1.54, 1.807) is 46.7 Å². The van der Waals surface area contributed by atoms with Crippen LogP contribution in [0.25, 0.3) is 0 Å². The minimum absolute atomic E-state index is 0.149. The van der Waals surface area contributed by atoms with Crippen molar-refractivity contribution in [1.82, 2.24) is 10.2 Å². The van der Waals surface area contributed by atoms with Crippen molar-refractivity contribution in [3.05, 3.63) is 29.3 Å². The van der Waals surface area contributed by atoms with Crippen LogP contribution in [-0.2, 0) is 9.53 Å². The quantitative estimate of drug-likeness (QED) is 0.654. The summed E-state index contributed by atoms with van der Waals surface area (Å²) in [4.78, 5) is 26.1. The Bertz CT molecular complexity index is 682. The van der Waals surface area contributed by atoms with Gasteiger partial charge in [-0.3, -0.25) is 4.79 Å². The molecule has 0 heterocycles. The van der Waals surface area contributed by atoms with Gasteiger partial charge in [0.1, 0.15) is 29.0 Å². The third-order valence-corrected chi connectivity index (χ3v) is 3.99. The van der Waals surface area contributed by atoms with E-state index in [4.69, 9.17) is 9.84 Å². The predicted octanol–water partition coefficient (Wildman–Crippen LogP) is 2.80. The minimum Gasteiger partial charge on any atom is -0.444 e. The van der Waals surface area contributed by atoms with Crippen LogP contribution in [-0.4, -0.2) is 54.4 Å². The second-order valence-corrected chi connectivity index (χ2v) is 7.70. The number of anilines is 1. The number of amides is 2. The van der Waals surface area contributed by atoms with Crippen molar-refractivity contribution < 1.29 is 28.2 Å². The van der Waals surface area contributed by atoms with Gasteiger partial charge in [0.15, 0.2) is 0 Å². The number of aliphatic hydroxyl groups is 1. The molecule has 0 aromatic heterocycles. The van der Waals surface area contributed by atoms with Crippen LogP contribution in [0.3, 0.4) is 0 Å². The fourth-order valence-corrected chi connectivity index (χ4v) is 2.31. The number of alkyl carbamates (subject to hydrolysis) is 1. The molecule has 1 aromatic rings. The molecule has 0 radical (unpaired) electrons. The maximum Gasteiger partial charge on any atom is 0.408 e. The van der Waals surface area contributed by atoms with Crippen molar-refractivity contribution >= 4 is 17.7 Å². The molecule has 1 aromatic carbocycles. The summed E-state index contributed by atoms with van der Waals surface area (Å²) in [6.07, 6.45) is -1.03. The fraction of sp³-hybridized carbons (Fsp3) is 0.579. The van der Waals surface area contributed by atoms with Crippen molar-refractivity contribution in [2.75, 3.05) is 26.0 Å². The SMILES string of the molecule is C[C@H](c1cc(F)c(NC(=O)[C@H](CCO)NC(=O)OC(C)(C)C)c(F)c1)N(C)C. The Labute approximate surface area is 164 Å². The molecule has 0 fully saturated rings. The van der Waals surface area contributed by atoms with E-state index in [0.717, 1.165) is 12.1 Å². The minimum atomic E-state index is -1.22. The lowest BCUT2D eigenvalue weighted by Crippen LogP contribution is -2.46. The maximum absolute atomic E-state index is 14.4. The van der Waals surface area contributed by atoms with Crippen molar-refractivity contribution in [1.29, 1.82) is 0 Å². The first kappa shape index (κ1) is 23.8. The van der Waals surface area contributed by atoms with E-state index in [1.807, 2.05) is 0 Å². The first-order valence-electron chi connectivity index (χ1n) is 8.92. The fourth-order valence-electron chi connectivity index (χ4n) is 2.31. The highest BCUT2D eigenvalue weighted by Crippen LogP contribution is 2.26. The van der Waals surface area contributed by atoms with Crippen LogP contribution in [0.1, 0.15) is 45.7 Å². The number of nitrogens with zero attached hydrogens (tertiary/aromatic N) is 1. The number of hydrogen-bond acceptors (Lipinski definition) is 5. The van der Waals surface area contributed by atoms with E-state index in [0.29, 0.717) is 5.56 Å². The van der Waals surface area contributed by atoms with Crippen LogP contribution in [0.15, 0.2) is 12.1 Å². The molecule has 0 saturated heterocycles. The van der Waals surface area contributed by atoms with Gasteiger partial charge in [0.25, 0.3) is 0 Å². The maximum atomic E-state index is 14.4. The van der Waals surface area contributed by atoms with E-state index in [9.17, 15) is 18.4 Å². The third kappa shape index (κ3) is 7.05. The van der Waals surface area contributed by atoms with Gasteiger partial charge in [-0.1, -0.05) is 0 Å². The smallest absolute Gasteiger partial charge is 0.408 e. The molecule has 9 heteroatoms. The summed E-state index contributed by atoms with van der Waals surface area (Å²) in [5, 5.41) is 13.6. The lowest BCUT2D eigenvalue weighted by Gasteiger charge is -2.23. The summed E-state index contributed by atoms with van der Waals surface area (Å²) in [7, 11) is 3.55. The van der Waals surface area contributed by atoms with Crippen LogP contribution in [0.4, 0.5) is 19.3 Å². The van der Waals surface area contributed by atoms with Gasteiger partial charge >= 0.3 is 6.09 Å². The molecular weight excluding hydrogens is 372 g/mol. The molecular formula is C19H29F2N3O4. The van der Waals surface area contributed by atoms with Gasteiger partial charge in [-0.2, -0.15) is 0 Å². The van der Waals surface area contributed by atoms with Gasteiger partial charge in [0.05, 0.1) is 0 Å². The molecule has 1 rings (SSSR count). The Morgan fingerprint density at radius 2 is 1.75 bits per heavy atom. The lowest BCUT2D eigenvalue weighted by molar-refractivity contribution is -0.118. The molecule has 0 aliphatic heterocycles. The summed E-state index contributed by atoms with van der Waals surface area (Å²) in [5.74, 6) is -2.74. The van der Waals surface area contributed by atoms with E-state index >= 15 is 0 Å². The summed E-state index contributed by atoms with van der Waals surface area (Å²) in [5.41, 5.74) is -0.993. The summed E-state index contributed by atoms with van der Waals surface area (Å²) in [6, 6.07) is 0.834. The number of carbonyl (C=O) groups is 2. The molecule has 0 aliphatic carbocycles. The molecule has 0 spiro atoms. The first-order chi connectivity index (χ1) is 12.9. The van der Waals surface area contributed by atoms with E-state index in [1.165, 1.54) is 0 Å². The number of benzene rings is 1. The van der Waals surface area contributed by atoms with Crippen molar-refractivity contribution in [3.63, 3.8) is 0 Å². The summed E-state index contributed by atoms with van der Waals surface area (Å²) >= 11 is 0. The highest BCUT2D eigenvalue weighted by atomic mass is 19.1. The second-order valence-electron chi connectivity index (χ2n) is 7.70. The van der Waals surface area contributed by atoms with Crippen LogP contribution in [0, 0.1) is 11.6 Å². The monoisotopic (exact) mass is 401 g/mol. The Balaban J connectivity index is 2.97. The first-order valence-corrected chi connectivity index (χ1v) is 8.92. The molecule has 2 amide bonds. The van der Waals surface area contributed by atoms with Crippen LogP contribution in [0.2, 0.25) is 0 Å². The van der Waals surface area contributed by atoms with Crippen LogP contribution < -0.4 is 10.6 Å². The number of carbonyl (C=O) groups excluding carboxylic acids is 2. The molecule has 0 aliphatic rings. The lowest BCUT2D eigenvalue weighted by atomic mass is 10.1. The Morgan fingerprint density at radius 1 is 1.21 bits per heavy atom. The van der Waals surface area contributed by atoms with Crippen LogP contribution >= 0.6 is 0 Å². The molecule has 7 nitrogen and oxygen atoms in total. The molecule has 0 unspecified atom stereocenters. The van der Waals surface area contributed by atoms with E-state index in [-0.39, 0.29) is 12.5 Å². The van der Waals surface area contributed by atoms with Crippen molar-refractivity contribution in [2.24, 2.45) is 0 Å². The molecule has 0 bridgehead atoms. The zero-order chi connectivity index (χ0) is 21.6. The van der Waals surface area contributed by atoms with Crippen LogP contribution in [0.5, 0.6) is 0 Å². The van der Waals surface area contributed by atoms with E-state index in [2.05, 4.69) is 10.6 Å². The zero-order valence-electron chi connectivity index (χ0n) is 17.1. The largest absolute Gasteiger partial charge is 0.444 e. The number of rotatable bonds is 7. The third-order valence-electron chi connectivity index (χ3n) is 3.99. The Morgan fingerprint density at radius 3 is 2.18 bits per heavy atom. The normalized spacial score (nSPS) is 13.8. The van der Waals surface area contributed by atoms with Crippen molar-refractivity contribution in [3.8, 4) is 0 Å². The van der Waals surface area contributed by atoms with E-state index < -0.39 is 47.6 Å². The number of nitrogens with one attached hydrogen (secondary N) is 2. The highest BCUT2D eigenvalue weighted by molar-refractivity contribution is 5.96. The molecule has 28 heavy (non-hydrogen) atoms. The summed E-state index contributed by atoms with van der Waals surface area (Å²) < 4.78 is 33.9. The predicted molar refractivity (Wildman–Crippen MR) is 102 cm³/mol. The molecule has 158 valence electrons. The average molecular weight is 401 g/mol. The Hall–Kier alpha value is -2.26. The standard InChI is InChI=1S/C19H29F2N3O4/c1-11(24(5)6)12-9-13(20)16(14(21)10-12)23-17(26)15(7-8-25)22-18(27)28-19(2,3)4/h9-11,15,25H,7-8H2,1-6H3,(H,22,27)(H,23,26)/t11-,15+/m1/s1. The van der Waals surface area contributed by atoms with Gasteiger partial charge < -0.3 is 25.4 Å². The van der Waals surface area contributed by atoms with Gasteiger partial charge in [-0.15, -0.1) is 0 Å². The topological polar surface area (TPSA) is 90.9 Å². The Kier molecular flexibility index (Phi) is 8.31. The number of halogens is 2. The molecule has 2 atom stereocenters. The average Bonchev–Trinajstić information content (AvgIpc) is 2.54. The van der Waals surface area contributed by atoms with Crippen molar-refractivity contribution in [2.45, 2.75) is 51.8 Å². The highest BCUT2D eigenvalue weighted by Gasteiger charge is 2.26.